The van der Waals surface area contributed by atoms with Crippen LogP contribution >= 0.6 is 0 Å². The van der Waals surface area contributed by atoms with E-state index in [9.17, 15) is 34.1 Å². The maximum atomic E-state index is 12.7. The summed E-state index contributed by atoms with van der Waals surface area (Å²) in [6.45, 7) is -0.540. The van der Waals surface area contributed by atoms with E-state index in [0.29, 0.717) is 18.5 Å². The molecule has 2 atom stereocenters. The minimum atomic E-state index is -0.754. The second kappa shape index (κ2) is 11.3. The van der Waals surface area contributed by atoms with E-state index in [0.717, 1.165) is 4.90 Å². The molecule has 1 aliphatic carbocycles. The molecule has 0 spiro atoms. The summed E-state index contributed by atoms with van der Waals surface area (Å²) in [6.07, 6.45) is 4.87. The van der Waals surface area contributed by atoms with Crippen molar-refractivity contribution in [1.82, 2.24) is 0 Å². The van der Waals surface area contributed by atoms with Crippen molar-refractivity contribution in [2.24, 2.45) is 11.8 Å². The van der Waals surface area contributed by atoms with Gasteiger partial charge in [-0.2, -0.15) is 0 Å². The first-order chi connectivity index (χ1) is 19.7. The zero-order chi connectivity index (χ0) is 29.1. The summed E-state index contributed by atoms with van der Waals surface area (Å²) >= 11 is 0. The number of fused-ring (bicyclic) bond motifs is 1. The van der Waals surface area contributed by atoms with Gasteiger partial charge in [-0.05, 0) is 73.5 Å². The first kappa shape index (κ1) is 27.1. The van der Waals surface area contributed by atoms with Crippen LogP contribution in [0.25, 0.3) is 0 Å². The zero-order valence-electron chi connectivity index (χ0n) is 21.4. The van der Waals surface area contributed by atoms with Gasteiger partial charge in [0.15, 0.2) is 12.4 Å². The summed E-state index contributed by atoms with van der Waals surface area (Å²) < 4.78 is 10.4. The lowest BCUT2D eigenvalue weighted by atomic mass is 9.85. The second-order valence-corrected chi connectivity index (χ2v) is 9.43. The van der Waals surface area contributed by atoms with Gasteiger partial charge in [0.25, 0.3) is 5.69 Å². The highest BCUT2D eigenvalue weighted by Crippen LogP contribution is 2.37. The monoisotopic (exact) mass is 554 g/mol. The number of carbonyl (C=O) groups is 5. The molecule has 1 heterocycles. The summed E-state index contributed by atoms with van der Waals surface area (Å²) in [7, 11) is 0. The molecule has 0 N–H and O–H groups in total. The Morgan fingerprint density at radius 2 is 1.27 bits per heavy atom. The quantitative estimate of drug-likeness (QED) is 0.0755. The number of rotatable bonds is 8. The Labute approximate surface area is 233 Å². The van der Waals surface area contributed by atoms with Crippen molar-refractivity contribution in [3.05, 3.63) is 112 Å². The number of nitro benzene ring substituents is 1. The van der Waals surface area contributed by atoms with E-state index in [1.54, 1.807) is 0 Å². The van der Waals surface area contributed by atoms with E-state index in [-0.39, 0.29) is 51.8 Å². The molecule has 0 aromatic heterocycles. The van der Waals surface area contributed by atoms with Crippen LogP contribution in [-0.4, -0.2) is 41.1 Å². The lowest BCUT2D eigenvalue weighted by Gasteiger charge is -2.15. The fourth-order valence-electron chi connectivity index (χ4n) is 4.69. The minimum absolute atomic E-state index is 0.115. The third-order valence-electron chi connectivity index (χ3n) is 6.90. The van der Waals surface area contributed by atoms with Gasteiger partial charge < -0.3 is 9.47 Å². The highest BCUT2D eigenvalue weighted by atomic mass is 16.6. The summed E-state index contributed by atoms with van der Waals surface area (Å²) in [6, 6.07) is 16.4. The smallest absolute Gasteiger partial charge is 0.343 e. The summed E-state index contributed by atoms with van der Waals surface area (Å²) in [4.78, 5) is 74.1. The number of benzene rings is 3. The van der Waals surface area contributed by atoms with Crippen LogP contribution in [0.2, 0.25) is 0 Å². The molecule has 0 radical (unpaired) electrons. The number of esters is 2. The summed E-state index contributed by atoms with van der Waals surface area (Å²) in [5.41, 5.74) is 0.687. The lowest BCUT2D eigenvalue weighted by Crippen LogP contribution is -2.30. The predicted molar refractivity (Wildman–Crippen MR) is 143 cm³/mol. The fraction of sp³-hybridized carbons (Fsp3) is 0.167. The number of imide groups is 1. The molecule has 2 unspecified atom stereocenters. The Morgan fingerprint density at radius 3 is 1.83 bits per heavy atom. The third-order valence-corrected chi connectivity index (χ3v) is 6.90. The standard InChI is InChI=1S/C30H22N2O9/c33-26(18-9-15-23(16-10-18)41-30(37)20-7-13-22(14-8-20)32(38)39)17-40-29(36)19-5-11-21(12-6-19)31-27(34)24-3-1-2-4-25(24)28(31)35/h1-2,5-16,24-25H,3-4,17H2. The largest absolute Gasteiger partial charge is 0.454 e. The van der Waals surface area contributed by atoms with E-state index in [1.165, 1.54) is 72.8 Å². The van der Waals surface area contributed by atoms with Crippen molar-refractivity contribution >= 4 is 40.9 Å². The molecule has 1 fully saturated rings. The number of nitro groups is 1. The number of anilines is 1. The Hall–Kier alpha value is -5.45. The van der Waals surface area contributed by atoms with Crippen LogP contribution < -0.4 is 9.64 Å². The fourth-order valence-corrected chi connectivity index (χ4v) is 4.69. The average molecular weight is 555 g/mol. The molecular formula is C30H22N2O9. The zero-order valence-corrected chi connectivity index (χ0v) is 21.4. The topological polar surface area (TPSA) is 150 Å². The molecule has 0 bridgehead atoms. The van der Waals surface area contributed by atoms with Crippen molar-refractivity contribution in [1.29, 1.82) is 0 Å². The number of ketones is 1. The maximum absolute atomic E-state index is 12.7. The number of hydrogen-bond acceptors (Lipinski definition) is 9. The van der Waals surface area contributed by atoms with Crippen LogP contribution in [0.3, 0.4) is 0 Å². The molecule has 5 rings (SSSR count). The molecule has 2 aliphatic rings. The van der Waals surface area contributed by atoms with E-state index in [2.05, 4.69) is 0 Å². The molecule has 11 heteroatoms. The normalized spacial score (nSPS) is 17.6. The molecule has 3 aromatic rings. The molecule has 206 valence electrons. The highest BCUT2D eigenvalue weighted by Gasteiger charge is 2.47. The van der Waals surface area contributed by atoms with Gasteiger partial charge in [-0.15, -0.1) is 0 Å². The molecule has 0 saturated carbocycles. The number of amides is 2. The van der Waals surface area contributed by atoms with Gasteiger partial charge in [0.05, 0.1) is 33.6 Å². The first-order valence-electron chi connectivity index (χ1n) is 12.6. The molecule has 2 amide bonds. The number of carbonyl (C=O) groups excluding carboxylic acids is 5. The van der Waals surface area contributed by atoms with Gasteiger partial charge >= 0.3 is 11.9 Å². The second-order valence-electron chi connectivity index (χ2n) is 9.43. The summed E-state index contributed by atoms with van der Waals surface area (Å²) in [5, 5.41) is 10.7. The van der Waals surface area contributed by atoms with Crippen LogP contribution in [0.4, 0.5) is 11.4 Å². The number of ether oxygens (including phenoxy) is 2. The van der Waals surface area contributed by atoms with Gasteiger partial charge in [0.2, 0.25) is 11.8 Å². The molecular weight excluding hydrogens is 532 g/mol. The maximum Gasteiger partial charge on any atom is 0.343 e. The molecule has 1 aliphatic heterocycles. The summed E-state index contributed by atoms with van der Waals surface area (Å²) in [5.74, 6) is -3.06. The Kier molecular flexibility index (Phi) is 7.51. The number of non-ortho nitro benzene ring substituents is 1. The van der Waals surface area contributed by atoms with Crippen LogP contribution in [0.1, 0.15) is 43.9 Å². The van der Waals surface area contributed by atoms with Gasteiger partial charge in [-0.3, -0.25) is 29.4 Å². The number of nitrogens with zero attached hydrogens (tertiary/aromatic N) is 2. The highest BCUT2D eigenvalue weighted by molar-refractivity contribution is 6.22. The van der Waals surface area contributed by atoms with Gasteiger partial charge in [0, 0.05) is 17.7 Å². The van der Waals surface area contributed by atoms with Crippen LogP contribution in [0.15, 0.2) is 84.9 Å². The molecule has 11 nitrogen and oxygen atoms in total. The SMILES string of the molecule is O=C(COC(=O)c1ccc(N2C(=O)C3CC=CCC3C2=O)cc1)c1ccc(OC(=O)c2ccc([N+](=O)[O-])cc2)cc1. The Balaban J connectivity index is 1.14. The van der Waals surface area contributed by atoms with Crippen molar-refractivity contribution in [2.45, 2.75) is 12.8 Å². The Bertz CT molecular complexity index is 1550. The van der Waals surface area contributed by atoms with Crippen molar-refractivity contribution < 1.29 is 38.4 Å². The Morgan fingerprint density at radius 1 is 0.756 bits per heavy atom. The van der Waals surface area contributed by atoms with Crippen LogP contribution in [0, 0.1) is 22.0 Å². The predicted octanol–water partition coefficient (Wildman–Crippen LogP) is 4.31. The van der Waals surface area contributed by atoms with Crippen LogP contribution in [0.5, 0.6) is 5.75 Å². The minimum Gasteiger partial charge on any atom is -0.454 e. The van der Waals surface area contributed by atoms with E-state index >= 15 is 0 Å². The number of hydrogen-bond donors (Lipinski definition) is 0. The third kappa shape index (κ3) is 5.64. The van der Waals surface area contributed by atoms with Gasteiger partial charge in [-0.1, -0.05) is 12.2 Å². The van der Waals surface area contributed by atoms with E-state index in [1.807, 2.05) is 12.2 Å². The number of Topliss-reactive ketones (excluding diaryl/α,β-unsaturated/α-hetero) is 1. The average Bonchev–Trinajstić information content (AvgIpc) is 3.25. The number of allylic oxidation sites excluding steroid dienone is 2. The van der Waals surface area contributed by atoms with Crippen molar-refractivity contribution in [3.8, 4) is 5.75 Å². The first-order valence-corrected chi connectivity index (χ1v) is 12.6. The van der Waals surface area contributed by atoms with Crippen molar-refractivity contribution in [3.63, 3.8) is 0 Å². The lowest BCUT2D eigenvalue weighted by molar-refractivity contribution is -0.384. The van der Waals surface area contributed by atoms with Gasteiger partial charge in [0.1, 0.15) is 5.75 Å². The molecule has 3 aromatic carbocycles. The molecule has 41 heavy (non-hydrogen) atoms. The van der Waals surface area contributed by atoms with E-state index < -0.39 is 29.3 Å². The van der Waals surface area contributed by atoms with Crippen LogP contribution in [-0.2, 0) is 14.3 Å². The van der Waals surface area contributed by atoms with E-state index in [4.69, 9.17) is 9.47 Å². The van der Waals surface area contributed by atoms with Crippen molar-refractivity contribution in [2.75, 3.05) is 11.5 Å². The van der Waals surface area contributed by atoms with Gasteiger partial charge in [-0.25, -0.2) is 9.59 Å². The molecule has 1 saturated heterocycles.